The maximum Gasteiger partial charge on any atom is 0.128 e. The topological polar surface area (TPSA) is 33.2 Å². The number of carbonyl (C=O) groups is 1. The Bertz CT molecular complexity index is 1140. The molecule has 0 amide bonds. The monoisotopic (exact) mass is 374 g/mol. The van der Waals surface area contributed by atoms with Gasteiger partial charge in [-0.25, -0.2) is 9.37 Å². The summed E-state index contributed by atoms with van der Waals surface area (Å²) in [5, 5.41) is 1.17. The van der Waals surface area contributed by atoms with Crippen molar-refractivity contribution in [1.82, 2.24) is 9.88 Å². The Morgan fingerprint density at radius 2 is 2.04 bits per heavy atom. The maximum absolute atomic E-state index is 14.5. The average Bonchev–Trinajstić information content (AvgIpc) is 3.05. The molecule has 0 saturated heterocycles. The summed E-state index contributed by atoms with van der Waals surface area (Å²) in [5.41, 5.74) is 10.5. The summed E-state index contributed by atoms with van der Waals surface area (Å²) in [4.78, 5) is 18.0. The number of aryl methyl sites for hydroxylation is 2. The van der Waals surface area contributed by atoms with Gasteiger partial charge in [0.1, 0.15) is 12.1 Å². The van der Waals surface area contributed by atoms with Gasteiger partial charge in [-0.2, -0.15) is 0 Å². The first-order valence-electron chi connectivity index (χ1n) is 9.97. The minimum Gasteiger partial charge on any atom is -0.335 e. The third kappa shape index (κ3) is 2.27. The molecule has 1 aliphatic carbocycles. The number of fused-ring (bicyclic) bond motifs is 4. The molecule has 5 rings (SSSR count). The number of aldehydes is 1. The van der Waals surface area contributed by atoms with Gasteiger partial charge in [-0.15, -0.1) is 0 Å². The highest BCUT2D eigenvalue weighted by atomic mass is 19.1. The van der Waals surface area contributed by atoms with Crippen LogP contribution in [-0.2, 0) is 24.2 Å². The molecule has 3 aliphatic rings. The number of pyridine rings is 1. The SMILES string of the molecule is C=C1C(CCC=O)=C(C)C=C2c3nc4cc(F)c(C)c5c4c(c3CN12)CCC5. The van der Waals surface area contributed by atoms with Crippen molar-refractivity contribution < 1.29 is 9.18 Å². The van der Waals surface area contributed by atoms with Crippen molar-refractivity contribution >= 4 is 22.9 Å². The van der Waals surface area contributed by atoms with E-state index in [4.69, 9.17) is 4.98 Å². The van der Waals surface area contributed by atoms with E-state index < -0.39 is 0 Å². The number of benzene rings is 1. The lowest BCUT2D eigenvalue weighted by Gasteiger charge is -2.29. The second-order valence-corrected chi connectivity index (χ2v) is 8.06. The average molecular weight is 374 g/mol. The number of carbonyl (C=O) groups excluding carboxylic acids is 1. The highest BCUT2D eigenvalue weighted by Crippen LogP contribution is 2.46. The fourth-order valence-corrected chi connectivity index (χ4v) is 5.09. The first kappa shape index (κ1) is 17.4. The normalized spacial score (nSPS) is 17.8. The fraction of sp³-hybridized carbons (Fsp3) is 0.333. The van der Waals surface area contributed by atoms with Crippen molar-refractivity contribution in [2.75, 3.05) is 0 Å². The van der Waals surface area contributed by atoms with Gasteiger partial charge in [-0.1, -0.05) is 6.58 Å². The van der Waals surface area contributed by atoms with Gasteiger partial charge >= 0.3 is 0 Å². The molecule has 3 heterocycles. The summed E-state index contributed by atoms with van der Waals surface area (Å²) in [7, 11) is 0. The van der Waals surface area contributed by atoms with Gasteiger partial charge in [0.2, 0.25) is 0 Å². The highest BCUT2D eigenvalue weighted by molar-refractivity contribution is 5.92. The van der Waals surface area contributed by atoms with Gasteiger partial charge in [0.15, 0.2) is 0 Å². The molecular weight excluding hydrogens is 351 g/mol. The molecule has 28 heavy (non-hydrogen) atoms. The van der Waals surface area contributed by atoms with E-state index in [1.54, 1.807) is 6.07 Å². The molecule has 0 fully saturated rings. The zero-order valence-electron chi connectivity index (χ0n) is 16.4. The zero-order valence-corrected chi connectivity index (χ0v) is 16.4. The fourth-order valence-electron chi connectivity index (χ4n) is 5.09. The van der Waals surface area contributed by atoms with Gasteiger partial charge in [-0.05, 0) is 73.4 Å². The summed E-state index contributed by atoms with van der Waals surface area (Å²) in [6, 6.07) is 1.60. The van der Waals surface area contributed by atoms with E-state index in [0.29, 0.717) is 12.8 Å². The van der Waals surface area contributed by atoms with E-state index in [2.05, 4.69) is 24.5 Å². The van der Waals surface area contributed by atoms with Crippen LogP contribution in [0.1, 0.15) is 54.1 Å². The van der Waals surface area contributed by atoms with Crippen LogP contribution in [0.5, 0.6) is 0 Å². The molecule has 0 spiro atoms. The molecule has 2 aromatic rings. The molecule has 4 heteroatoms. The first-order valence-corrected chi connectivity index (χ1v) is 9.97. The van der Waals surface area contributed by atoms with Crippen LogP contribution < -0.4 is 0 Å². The summed E-state index contributed by atoms with van der Waals surface area (Å²) in [6.07, 6.45) is 7.31. The van der Waals surface area contributed by atoms with Gasteiger partial charge in [0, 0.05) is 29.1 Å². The number of allylic oxidation sites excluding steroid dienone is 3. The minimum absolute atomic E-state index is 0.160. The van der Waals surface area contributed by atoms with Crippen molar-refractivity contribution in [3.63, 3.8) is 0 Å². The summed E-state index contributed by atoms with van der Waals surface area (Å²) in [5.74, 6) is -0.160. The van der Waals surface area contributed by atoms with Gasteiger partial charge < -0.3 is 9.69 Å². The Kier molecular flexibility index (Phi) is 3.80. The molecule has 3 nitrogen and oxygen atoms in total. The Hall–Kier alpha value is -2.75. The van der Waals surface area contributed by atoms with E-state index in [9.17, 15) is 9.18 Å². The molecular formula is C24H23FN2O. The molecule has 2 aliphatic heterocycles. The number of nitrogens with zero attached hydrogens (tertiary/aromatic N) is 2. The summed E-state index contributed by atoms with van der Waals surface area (Å²) in [6.45, 7) is 9.04. The minimum atomic E-state index is -0.160. The number of rotatable bonds is 3. The molecule has 0 atom stereocenters. The third-order valence-electron chi connectivity index (χ3n) is 6.54. The van der Waals surface area contributed by atoms with Crippen molar-refractivity contribution in [2.24, 2.45) is 0 Å². The van der Waals surface area contributed by atoms with E-state index in [-0.39, 0.29) is 5.82 Å². The number of hydrogen-bond donors (Lipinski definition) is 0. The lowest BCUT2D eigenvalue weighted by atomic mass is 9.85. The van der Waals surface area contributed by atoms with E-state index in [0.717, 1.165) is 77.0 Å². The Labute approximate surface area is 164 Å². The lowest BCUT2D eigenvalue weighted by molar-refractivity contribution is -0.107. The molecule has 1 aromatic heterocycles. The second-order valence-electron chi connectivity index (χ2n) is 8.06. The van der Waals surface area contributed by atoms with Crippen molar-refractivity contribution in [2.45, 2.75) is 52.5 Å². The number of hydrogen-bond acceptors (Lipinski definition) is 3. The Balaban J connectivity index is 1.73. The number of halogens is 1. The maximum atomic E-state index is 14.5. The van der Waals surface area contributed by atoms with Crippen molar-refractivity contribution in [1.29, 1.82) is 0 Å². The van der Waals surface area contributed by atoms with Gasteiger partial charge in [-0.3, -0.25) is 0 Å². The molecule has 0 unspecified atom stereocenters. The van der Waals surface area contributed by atoms with E-state index in [1.807, 2.05) is 6.92 Å². The van der Waals surface area contributed by atoms with Crippen LogP contribution in [-0.4, -0.2) is 16.2 Å². The van der Waals surface area contributed by atoms with E-state index >= 15 is 0 Å². The lowest BCUT2D eigenvalue weighted by Crippen LogP contribution is -2.20. The first-order chi connectivity index (χ1) is 13.5. The van der Waals surface area contributed by atoms with Gasteiger partial charge in [0.25, 0.3) is 0 Å². The Morgan fingerprint density at radius 3 is 2.82 bits per heavy atom. The van der Waals surface area contributed by atoms with Crippen molar-refractivity contribution in [3.8, 4) is 0 Å². The van der Waals surface area contributed by atoms with Crippen LogP contribution in [0.25, 0.3) is 16.6 Å². The smallest absolute Gasteiger partial charge is 0.128 e. The second kappa shape index (κ2) is 6.13. The number of aromatic nitrogens is 1. The highest BCUT2D eigenvalue weighted by Gasteiger charge is 2.35. The van der Waals surface area contributed by atoms with Crippen LogP contribution >= 0.6 is 0 Å². The van der Waals surface area contributed by atoms with E-state index in [1.165, 1.54) is 16.5 Å². The van der Waals surface area contributed by atoms with Crippen LogP contribution in [0.4, 0.5) is 4.39 Å². The van der Waals surface area contributed by atoms with Crippen LogP contribution in [0.15, 0.2) is 35.6 Å². The van der Waals surface area contributed by atoms with Gasteiger partial charge in [0.05, 0.1) is 23.5 Å². The zero-order chi connectivity index (χ0) is 19.6. The molecule has 142 valence electrons. The third-order valence-corrected chi connectivity index (χ3v) is 6.54. The quantitative estimate of drug-likeness (QED) is 0.697. The molecule has 0 saturated carbocycles. The molecule has 0 bridgehead atoms. The standard InChI is InChI=1S/C24H23FN2O/c1-13-10-22-24-19(12-27(22)15(3)16(13)8-5-9-28)18-7-4-6-17-14(2)20(25)11-21(26-24)23(17)18/h9-11H,3-8,12H2,1-2H3. The van der Waals surface area contributed by atoms with Crippen LogP contribution in [0.2, 0.25) is 0 Å². The molecule has 0 radical (unpaired) electrons. The Morgan fingerprint density at radius 1 is 1.25 bits per heavy atom. The van der Waals surface area contributed by atoms with Crippen molar-refractivity contribution in [3.05, 3.63) is 69.3 Å². The molecule has 1 aromatic carbocycles. The van der Waals surface area contributed by atoms with Crippen LogP contribution in [0.3, 0.4) is 0 Å². The molecule has 0 N–H and O–H groups in total. The predicted octanol–water partition coefficient (Wildman–Crippen LogP) is 5.15. The summed E-state index contributed by atoms with van der Waals surface area (Å²) >= 11 is 0. The summed E-state index contributed by atoms with van der Waals surface area (Å²) < 4.78 is 14.5. The predicted molar refractivity (Wildman–Crippen MR) is 109 cm³/mol. The van der Waals surface area contributed by atoms with Crippen LogP contribution in [0, 0.1) is 12.7 Å². The largest absolute Gasteiger partial charge is 0.335 e.